The standard InChI is InChI=1S/C27H27ClN2O2.C18H18N2O.C10H13ClO/c28-21-8-10-22(11-9-21)31-18-4-15-30-16-12-20(13-17-30)27-23-6-3-14-29-25(23)19-32-26-7-2-1-5-24(26)27;1-2-6-17-15(4-1)18(13-7-10-19-11-8-13)14-5-3-9-20-16(14)12-21-17;1-2-3-8-12-10-6-4-9(11)5-7-10/h1-3,5-11,14H,4,12-13,15-19H2;1-6,9,19H,7-8,10-12H2;4-7H,2-3,8H2,1H3. The van der Waals surface area contributed by atoms with Crippen LogP contribution in [0.1, 0.15) is 85.5 Å². The molecule has 6 heterocycles. The first-order chi connectivity index (χ1) is 32.0. The van der Waals surface area contributed by atoms with Crippen LogP contribution in [0, 0.1) is 0 Å². The van der Waals surface area contributed by atoms with Crippen molar-refractivity contribution in [1.82, 2.24) is 20.2 Å². The number of hydrogen-bond donors (Lipinski definition) is 1. The lowest BCUT2D eigenvalue weighted by Crippen LogP contribution is -2.32. The molecule has 0 atom stereocenters. The van der Waals surface area contributed by atoms with Crippen LogP contribution in [0.5, 0.6) is 23.0 Å². The summed E-state index contributed by atoms with van der Waals surface area (Å²) in [7, 11) is 0. The Morgan fingerprint density at radius 3 is 1.52 bits per heavy atom. The minimum atomic E-state index is 0.518. The Kier molecular flexibility index (Phi) is 16.6. The molecule has 336 valence electrons. The molecule has 0 spiro atoms. The number of nitrogens with one attached hydrogen (secondary N) is 1. The number of unbranched alkanes of at least 4 members (excludes halogenated alkanes) is 1. The number of fused-ring (bicyclic) bond motifs is 4. The van der Waals surface area contributed by atoms with Crippen molar-refractivity contribution in [2.75, 3.05) is 45.9 Å². The fourth-order valence-electron chi connectivity index (χ4n) is 8.65. The van der Waals surface area contributed by atoms with Gasteiger partial charge in [-0.25, -0.2) is 0 Å². The Morgan fingerprint density at radius 1 is 0.554 bits per heavy atom. The molecule has 0 saturated carbocycles. The average Bonchev–Trinajstić information content (AvgIpc) is 3.63. The van der Waals surface area contributed by atoms with Gasteiger partial charge in [-0.2, -0.15) is 0 Å². The first-order valence-electron chi connectivity index (χ1n) is 23.0. The quantitative estimate of drug-likeness (QED) is 0.144. The highest BCUT2D eigenvalue weighted by molar-refractivity contribution is 6.30. The van der Waals surface area contributed by atoms with E-state index in [1.54, 1.807) is 0 Å². The van der Waals surface area contributed by atoms with Crippen LogP contribution in [0.4, 0.5) is 0 Å². The predicted octanol–water partition coefficient (Wildman–Crippen LogP) is 12.7. The largest absolute Gasteiger partial charge is 0.494 e. The summed E-state index contributed by atoms with van der Waals surface area (Å²) in [5, 5.41) is 4.92. The van der Waals surface area contributed by atoms with Gasteiger partial charge in [0.2, 0.25) is 0 Å². The third-order valence-corrected chi connectivity index (χ3v) is 12.5. The molecule has 0 unspecified atom stereocenters. The molecule has 2 aromatic heterocycles. The zero-order valence-electron chi connectivity index (χ0n) is 37.2. The van der Waals surface area contributed by atoms with E-state index in [-0.39, 0.29) is 0 Å². The van der Waals surface area contributed by atoms with Crippen molar-refractivity contribution in [3.8, 4) is 23.0 Å². The molecule has 1 N–H and O–H groups in total. The summed E-state index contributed by atoms with van der Waals surface area (Å²) in [5.41, 5.74) is 12.6. The van der Waals surface area contributed by atoms with Gasteiger partial charge in [0, 0.05) is 64.3 Å². The van der Waals surface area contributed by atoms with Gasteiger partial charge in [-0.05, 0) is 136 Å². The lowest BCUT2D eigenvalue weighted by Gasteiger charge is -2.30. The van der Waals surface area contributed by atoms with Crippen LogP contribution in [0.15, 0.2) is 145 Å². The highest BCUT2D eigenvalue weighted by Gasteiger charge is 2.26. The van der Waals surface area contributed by atoms with E-state index in [0.29, 0.717) is 13.2 Å². The van der Waals surface area contributed by atoms with Gasteiger partial charge in [-0.3, -0.25) is 9.97 Å². The minimum Gasteiger partial charge on any atom is -0.494 e. The maximum absolute atomic E-state index is 6.10. The van der Waals surface area contributed by atoms with Crippen molar-refractivity contribution >= 4 is 34.3 Å². The number of para-hydroxylation sites is 2. The number of benzene rings is 4. The van der Waals surface area contributed by atoms with Crippen LogP contribution < -0.4 is 24.3 Å². The smallest absolute Gasteiger partial charge is 0.131 e. The van der Waals surface area contributed by atoms with Gasteiger partial charge in [-0.15, -0.1) is 0 Å². The number of piperidine rings is 2. The number of rotatable bonds is 9. The van der Waals surface area contributed by atoms with Crippen molar-refractivity contribution < 1.29 is 18.9 Å². The zero-order valence-corrected chi connectivity index (χ0v) is 38.8. The third-order valence-electron chi connectivity index (χ3n) is 12.0. The maximum Gasteiger partial charge on any atom is 0.131 e. The van der Waals surface area contributed by atoms with Crippen LogP contribution in [0.3, 0.4) is 0 Å². The van der Waals surface area contributed by atoms with Crippen molar-refractivity contribution in [3.63, 3.8) is 0 Å². The first-order valence-corrected chi connectivity index (χ1v) is 23.8. The SMILES string of the molecule is CCCCOc1ccc(Cl)cc1.Clc1ccc(OCCCN2CCC(=C3c4ccccc4OCc4ncccc43)CC2)cc1.c1ccc2c(c1)OCc1ncccc1C2=C1CCNCC1. The Balaban J connectivity index is 0.000000149. The molecular formula is C55H58Cl2N4O4. The molecule has 0 bridgehead atoms. The topological polar surface area (TPSA) is 78.0 Å². The van der Waals surface area contributed by atoms with Gasteiger partial charge >= 0.3 is 0 Å². The van der Waals surface area contributed by atoms with E-state index in [4.69, 9.17) is 42.1 Å². The van der Waals surface area contributed by atoms with Crippen molar-refractivity contribution in [2.45, 2.75) is 65.1 Å². The van der Waals surface area contributed by atoms with E-state index >= 15 is 0 Å². The van der Waals surface area contributed by atoms with Gasteiger partial charge in [0.15, 0.2) is 0 Å². The fraction of sp³-hybridized carbons (Fsp3) is 0.309. The van der Waals surface area contributed by atoms with E-state index in [1.807, 2.05) is 85.2 Å². The van der Waals surface area contributed by atoms with Crippen molar-refractivity contribution in [1.29, 1.82) is 0 Å². The average molecular weight is 910 g/mol. The molecule has 2 saturated heterocycles. The number of hydrogen-bond acceptors (Lipinski definition) is 8. The van der Waals surface area contributed by atoms with E-state index < -0.39 is 0 Å². The Labute approximate surface area is 394 Å². The van der Waals surface area contributed by atoms with E-state index in [1.165, 1.54) is 44.5 Å². The Morgan fingerprint density at radius 2 is 1.02 bits per heavy atom. The highest BCUT2D eigenvalue weighted by atomic mass is 35.5. The molecule has 2 fully saturated rings. The molecule has 6 aromatic rings. The summed E-state index contributed by atoms with van der Waals surface area (Å²) in [6.45, 7) is 10.0. The van der Waals surface area contributed by atoms with Crippen LogP contribution >= 0.6 is 23.2 Å². The maximum atomic E-state index is 6.10. The Hall–Kier alpha value is -5.64. The van der Waals surface area contributed by atoms with Gasteiger partial charge in [0.25, 0.3) is 0 Å². The van der Waals surface area contributed by atoms with Gasteiger partial charge in [0.1, 0.15) is 36.2 Å². The number of halogens is 2. The lowest BCUT2D eigenvalue weighted by atomic mass is 9.87. The monoisotopic (exact) mass is 908 g/mol. The molecule has 4 aliphatic rings. The van der Waals surface area contributed by atoms with Crippen LogP contribution in [-0.4, -0.2) is 60.8 Å². The van der Waals surface area contributed by atoms with E-state index in [2.05, 4.69) is 75.6 Å². The molecule has 8 nitrogen and oxygen atoms in total. The second-order valence-corrected chi connectivity index (χ2v) is 17.3. The lowest BCUT2D eigenvalue weighted by molar-refractivity contribution is 0.223. The van der Waals surface area contributed by atoms with E-state index in [9.17, 15) is 0 Å². The molecule has 10 rings (SSSR count). The number of pyridine rings is 2. The summed E-state index contributed by atoms with van der Waals surface area (Å²) in [5.74, 6) is 3.70. The molecule has 10 heteroatoms. The third kappa shape index (κ3) is 12.4. The summed E-state index contributed by atoms with van der Waals surface area (Å²) >= 11 is 11.6. The van der Waals surface area contributed by atoms with E-state index in [0.717, 1.165) is 135 Å². The molecule has 0 amide bonds. The van der Waals surface area contributed by atoms with Gasteiger partial charge < -0.3 is 29.2 Å². The van der Waals surface area contributed by atoms with Crippen molar-refractivity contribution in [2.24, 2.45) is 0 Å². The summed E-state index contributed by atoms with van der Waals surface area (Å²) in [6.07, 6.45) is 11.3. The van der Waals surface area contributed by atoms with Gasteiger partial charge in [0.05, 0.1) is 24.6 Å². The zero-order chi connectivity index (χ0) is 44.6. The van der Waals surface area contributed by atoms with Crippen LogP contribution in [-0.2, 0) is 13.2 Å². The normalized spacial score (nSPS) is 15.4. The molecule has 4 aromatic carbocycles. The summed E-state index contributed by atoms with van der Waals surface area (Å²) < 4.78 is 23.4. The number of nitrogens with zero attached hydrogens (tertiary/aromatic N) is 3. The second-order valence-electron chi connectivity index (χ2n) is 16.4. The fourth-order valence-corrected chi connectivity index (χ4v) is 8.90. The molecular weight excluding hydrogens is 852 g/mol. The number of likely N-dealkylation sites (tertiary alicyclic amines) is 1. The summed E-state index contributed by atoms with van der Waals surface area (Å²) in [4.78, 5) is 11.7. The molecule has 65 heavy (non-hydrogen) atoms. The minimum absolute atomic E-state index is 0.518. The molecule has 0 aliphatic carbocycles. The second kappa shape index (κ2) is 23.5. The number of aromatic nitrogens is 2. The van der Waals surface area contributed by atoms with Gasteiger partial charge in [-0.1, -0.05) is 96.2 Å². The first kappa shape index (κ1) is 45.9. The molecule has 0 radical (unpaired) electrons. The van der Waals surface area contributed by atoms with Crippen LogP contribution in [0.2, 0.25) is 10.0 Å². The highest BCUT2D eigenvalue weighted by Crippen LogP contribution is 2.41. The van der Waals surface area contributed by atoms with Crippen molar-refractivity contribution in [3.05, 3.63) is 189 Å². The number of ether oxygens (including phenoxy) is 4. The summed E-state index contributed by atoms with van der Waals surface area (Å²) in [6, 6.07) is 40.2. The van der Waals surface area contributed by atoms with Crippen LogP contribution in [0.25, 0.3) is 11.1 Å². The predicted molar refractivity (Wildman–Crippen MR) is 263 cm³/mol. The Bertz CT molecular complexity index is 2430. The molecule has 4 aliphatic heterocycles.